The zero-order valence-corrected chi connectivity index (χ0v) is 16.6. The molecule has 3 heteroatoms. The highest BCUT2D eigenvalue weighted by atomic mass is 15.3. The Balaban J connectivity index is 1.50. The molecule has 138 valence electrons. The summed E-state index contributed by atoms with van der Waals surface area (Å²) >= 11 is 0. The zero-order chi connectivity index (χ0) is 18.5. The molecule has 0 amide bonds. The SMILES string of the molecule is Cc1cccc(N2CCN(C/C=C/c3ccc(N(C)C)cc3)CC2)c1C. The minimum Gasteiger partial charge on any atom is -0.378 e. The number of aryl methyl sites for hydroxylation is 1. The lowest BCUT2D eigenvalue weighted by Gasteiger charge is -2.36. The van der Waals surface area contributed by atoms with Gasteiger partial charge in [-0.2, -0.15) is 0 Å². The lowest BCUT2D eigenvalue weighted by Crippen LogP contribution is -2.46. The molecule has 1 aliphatic rings. The summed E-state index contributed by atoms with van der Waals surface area (Å²) in [4.78, 5) is 7.19. The van der Waals surface area contributed by atoms with Gasteiger partial charge >= 0.3 is 0 Å². The number of anilines is 2. The van der Waals surface area contributed by atoms with Gasteiger partial charge in [0.05, 0.1) is 0 Å². The molecule has 0 radical (unpaired) electrons. The molecule has 0 atom stereocenters. The maximum absolute atomic E-state index is 2.53. The highest BCUT2D eigenvalue weighted by Crippen LogP contribution is 2.23. The summed E-state index contributed by atoms with van der Waals surface area (Å²) in [5.41, 5.74) is 6.71. The Labute approximate surface area is 158 Å². The molecule has 0 aliphatic carbocycles. The molecule has 0 spiro atoms. The maximum Gasteiger partial charge on any atom is 0.0399 e. The smallest absolute Gasteiger partial charge is 0.0399 e. The second-order valence-electron chi connectivity index (χ2n) is 7.40. The van der Waals surface area contributed by atoms with E-state index in [1.54, 1.807) is 0 Å². The minimum absolute atomic E-state index is 1.02. The first-order chi connectivity index (χ1) is 12.5. The van der Waals surface area contributed by atoms with Crippen molar-refractivity contribution >= 4 is 17.5 Å². The molecule has 2 aromatic carbocycles. The molecule has 1 fully saturated rings. The maximum atomic E-state index is 2.53. The van der Waals surface area contributed by atoms with Crippen molar-refractivity contribution in [3.05, 3.63) is 65.2 Å². The summed E-state index contributed by atoms with van der Waals surface area (Å²) in [7, 11) is 4.14. The molecular weight excluding hydrogens is 318 g/mol. The van der Waals surface area contributed by atoms with Crippen molar-refractivity contribution in [2.45, 2.75) is 13.8 Å². The fourth-order valence-electron chi connectivity index (χ4n) is 3.47. The number of hydrogen-bond donors (Lipinski definition) is 0. The number of nitrogens with zero attached hydrogens (tertiary/aromatic N) is 3. The standard InChI is InChI=1S/C23H31N3/c1-19-7-5-9-23(20(19)2)26-17-15-25(16-18-26)14-6-8-21-10-12-22(13-11-21)24(3)4/h5-13H,14-18H2,1-4H3/b8-6+. The van der Waals surface area contributed by atoms with Gasteiger partial charge in [-0.3, -0.25) is 4.90 Å². The van der Waals surface area contributed by atoms with Crippen LogP contribution in [0.2, 0.25) is 0 Å². The zero-order valence-electron chi connectivity index (χ0n) is 16.6. The second kappa shape index (κ2) is 8.41. The summed E-state index contributed by atoms with van der Waals surface area (Å²) in [6.45, 7) is 9.92. The fraction of sp³-hybridized carbons (Fsp3) is 0.391. The highest BCUT2D eigenvalue weighted by molar-refractivity contribution is 5.57. The van der Waals surface area contributed by atoms with E-state index in [-0.39, 0.29) is 0 Å². The number of benzene rings is 2. The first-order valence-electron chi connectivity index (χ1n) is 9.52. The van der Waals surface area contributed by atoms with E-state index in [4.69, 9.17) is 0 Å². The van der Waals surface area contributed by atoms with Gasteiger partial charge in [0.25, 0.3) is 0 Å². The van der Waals surface area contributed by atoms with Crippen molar-refractivity contribution < 1.29 is 0 Å². The van der Waals surface area contributed by atoms with Crippen LogP contribution in [-0.4, -0.2) is 51.7 Å². The molecule has 0 bridgehead atoms. The average Bonchev–Trinajstić information content (AvgIpc) is 2.65. The monoisotopic (exact) mass is 349 g/mol. The van der Waals surface area contributed by atoms with E-state index in [1.807, 2.05) is 0 Å². The Morgan fingerprint density at radius 3 is 2.27 bits per heavy atom. The quantitative estimate of drug-likeness (QED) is 0.801. The molecule has 0 saturated carbocycles. The van der Waals surface area contributed by atoms with Crippen LogP contribution < -0.4 is 9.80 Å². The number of rotatable bonds is 5. The van der Waals surface area contributed by atoms with Crippen LogP contribution in [-0.2, 0) is 0 Å². The normalized spacial score (nSPS) is 15.6. The Hall–Kier alpha value is -2.26. The fourth-order valence-corrected chi connectivity index (χ4v) is 3.47. The van der Waals surface area contributed by atoms with E-state index in [2.05, 4.69) is 97.3 Å². The van der Waals surface area contributed by atoms with Crippen molar-refractivity contribution in [1.82, 2.24) is 4.90 Å². The minimum atomic E-state index is 1.02. The summed E-state index contributed by atoms with van der Waals surface area (Å²) < 4.78 is 0. The lowest BCUT2D eigenvalue weighted by atomic mass is 10.1. The van der Waals surface area contributed by atoms with Gasteiger partial charge in [-0.05, 0) is 48.7 Å². The average molecular weight is 350 g/mol. The molecule has 1 heterocycles. The van der Waals surface area contributed by atoms with Crippen molar-refractivity contribution in [3.63, 3.8) is 0 Å². The van der Waals surface area contributed by atoms with Gasteiger partial charge in [-0.1, -0.05) is 36.4 Å². The summed E-state index contributed by atoms with van der Waals surface area (Å²) in [5, 5.41) is 0. The molecule has 26 heavy (non-hydrogen) atoms. The molecule has 0 aromatic heterocycles. The predicted molar refractivity (Wildman–Crippen MR) is 114 cm³/mol. The first-order valence-corrected chi connectivity index (χ1v) is 9.52. The van der Waals surface area contributed by atoms with Gasteiger partial charge in [-0.15, -0.1) is 0 Å². The van der Waals surface area contributed by atoms with Gasteiger partial charge in [0.15, 0.2) is 0 Å². The Morgan fingerprint density at radius 2 is 1.62 bits per heavy atom. The summed E-state index contributed by atoms with van der Waals surface area (Å²) in [6, 6.07) is 15.3. The molecule has 0 N–H and O–H groups in total. The Bertz CT molecular complexity index is 739. The van der Waals surface area contributed by atoms with Gasteiger partial charge < -0.3 is 9.80 Å². The van der Waals surface area contributed by atoms with Crippen LogP contribution in [0, 0.1) is 13.8 Å². The topological polar surface area (TPSA) is 9.72 Å². The predicted octanol–water partition coefficient (Wildman–Crippen LogP) is 4.20. The number of hydrogen-bond acceptors (Lipinski definition) is 3. The second-order valence-corrected chi connectivity index (χ2v) is 7.40. The van der Waals surface area contributed by atoms with Crippen molar-refractivity contribution in [2.75, 3.05) is 56.6 Å². The van der Waals surface area contributed by atoms with E-state index in [9.17, 15) is 0 Å². The molecule has 3 rings (SSSR count). The molecule has 1 saturated heterocycles. The van der Waals surface area contributed by atoms with E-state index in [1.165, 1.54) is 28.1 Å². The van der Waals surface area contributed by atoms with Gasteiger partial charge in [-0.25, -0.2) is 0 Å². The van der Waals surface area contributed by atoms with Gasteiger partial charge in [0.1, 0.15) is 0 Å². The molecular formula is C23H31N3. The third-order valence-electron chi connectivity index (χ3n) is 5.37. The van der Waals surface area contributed by atoms with Crippen LogP contribution in [0.25, 0.3) is 6.08 Å². The van der Waals surface area contributed by atoms with Crippen LogP contribution in [0.15, 0.2) is 48.5 Å². The van der Waals surface area contributed by atoms with Crippen molar-refractivity contribution in [1.29, 1.82) is 0 Å². The number of piperazine rings is 1. The largest absolute Gasteiger partial charge is 0.378 e. The van der Waals surface area contributed by atoms with Crippen LogP contribution in [0.1, 0.15) is 16.7 Å². The van der Waals surface area contributed by atoms with Crippen LogP contribution in [0.3, 0.4) is 0 Å². The Kier molecular flexibility index (Phi) is 6.00. The first kappa shape index (κ1) is 18.5. The molecule has 1 aliphatic heterocycles. The van der Waals surface area contributed by atoms with E-state index < -0.39 is 0 Å². The summed E-state index contributed by atoms with van der Waals surface area (Å²) in [5.74, 6) is 0. The van der Waals surface area contributed by atoms with Crippen molar-refractivity contribution in [2.24, 2.45) is 0 Å². The lowest BCUT2D eigenvalue weighted by molar-refractivity contribution is 0.284. The molecule has 2 aromatic rings. The van der Waals surface area contributed by atoms with Crippen LogP contribution in [0.4, 0.5) is 11.4 Å². The Morgan fingerprint density at radius 1 is 0.923 bits per heavy atom. The third-order valence-corrected chi connectivity index (χ3v) is 5.37. The van der Waals surface area contributed by atoms with Crippen molar-refractivity contribution in [3.8, 4) is 0 Å². The van der Waals surface area contributed by atoms with Crippen LogP contribution in [0.5, 0.6) is 0 Å². The highest BCUT2D eigenvalue weighted by Gasteiger charge is 2.17. The van der Waals surface area contributed by atoms with E-state index in [0.29, 0.717) is 0 Å². The van der Waals surface area contributed by atoms with E-state index in [0.717, 1.165) is 32.7 Å². The molecule has 0 unspecified atom stereocenters. The van der Waals surface area contributed by atoms with Gasteiger partial charge in [0, 0.05) is 58.2 Å². The summed E-state index contributed by atoms with van der Waals surface area (Å²) in [6.07, 6.45) is 4.52. The molecule has 3 nitrogen and oxygen atoms in total. The van der Waals surface area contributed by atoms with Gasteiger partial charge in [0.2, 0.25) is 0 Å². The third kappa shape index (κ3) is 4.47. The van der Waals surface area contributed by atoms with E-state index >= 15 is 0 Å². The van der Waals surface area contributed by atoms with Crippen LogP contribution >= 0.6 is 0 Å².